The summed E-state index contributed by atoms with van der Waals surface area (Å²) in [7, 11) is 1.89. The molecule has 3 rings (SSSR count). The zero-order chi connectivity index (χ0) is 20.4. The number of ether oxygens (including phenoxy) is 1. The van der Waals surface area contributed by atoms with Crippen LogP contribution >= 0.6 is 11.3 Å². The molecule has 5 nitrogen and oxygen atoms in total. The van der Waals surface area contributed by atoms with E-state index in [2.05, 4.69) is 45.0 Å². The predicted octanol–water partition coefficient (Wildman–Crippen LogP) is 4.11. The lowest BCUT2D eigenvalue weighted by Crippen LogP contribution is -2.46. The van der Waals surface area contributed by atoms with Crippen LogP contribution in [0, 0.1) is 11.3 Å². The lowest BCUT2D eigenvalue weighted by Gasteiger charge is -2.33. The number of nitrogens with zero attached hydrogens (tertiary/aromatic N) is 2. The van der Waals surface area contributed by atoms with Crippen molar-refractivity contribution in [3.63, 3.8) is 0 Å². The van der Waals surface area contributed by atoms with Crippen LogP contribution in [-0.4, -0.2) is 57.3 Å². The Kier molecular flexibility index (Phi) is 9.28. The van der Waals surface area contributed by atoms with Gasteiger partial charge in [-0.05, 0) is 74.9 Å². The summed E-state index contributed by atoms with van der Waals surface area (Å²) in [4.78, 5) is 8.56. The third-order valence-electron chi connectivity index (χ3n) is 6.72. The van der Waals surface area contributed by atoms with E-state index < -0.39 is 0 Å². The molecule has 1 saturated heterocycles. The second kappa shape index (κ2) is 11.9. The van der Waals surface area contributed by atoms with Crippen molar-refractivity contribution in [1.82, 2.24) is 15.5 Å². The minimum absolute atomic E-state index is 0.389. The first-order chi connectivity index (χ1) is 14.2. The van der Waals surface area contributed by atoms with Crippen LogP contribution < -0.4 is 10.6 Å². The number of piperidine rings is 1. The number of thiophene rings is 1. The molecule has 2 fully saturated rings. The van der Waals surface area contributed by atoms with Crippen LogP contribution in [0.2, 0.25) is 0 Å². The Morgan fingerprint density at radius 3 is 2.72 bits per heavy atom. The Morgan fingerprint density at radius 2 is 2.07 bits per heavy atom. The van der Waals surface area contributed by atoms with Gasteiger partial charge in [0.1, 0.15) is 0 Å². The molecule has 1 aliphatic carbocycles. The van der Waals surface area contributed by atoms with Gasteiger partial charge in [-0.1, -0.05) is 18.9 Å². The zero-order valence-electron chi connectivity index (χ0n) is 18.4. The predicted molar refractivity (Wildman–Crippen MR) is 124 cm³/mol. The van der Waals surface area contributed by atoms with E-state index in [4.69, 9.17) is 4.74 Å². The van der Waals surface area contributed by atoms with Gasteiger partial charge < -0.3 is 15.4 Å². The second-order valence-electron chi connectivity index (χ2n) is 8.76. The summed E-state index contributed by atoms with van der Waals surface area (Å²) in [6.07, 6.45) is 9.03. The molecule has 0 bridgehead atoms. The van der Waals surface area contributed by atoms with Gasteiger partial charge in [0.15, 0.2) is 5.96 Å². The van der Waals surface area contributed by atoms with Crippen molar-refractivity contribution in [3.8, 4) is 0 Å². The molecular formula is C23H40N4OS. The molecule has 0 radical (unpaired) electrons. The highest BCUT2D eigenvalue weighted by atomic mass is 32.1. The fourth-order valence-electron chi connectivity index (χ4n) is 4.78. The van der Waals surface area contributed by atoms with Crippen LogP contribution in [0.1, 0.15) is 56.7 Å². The Hall–Kier alpha value is -1.11. The molecule has 1 saturated carbocycles. The van der Waals surface area contributed by atoms with E-state index in [0.29, 0.717) is 5.41 Å². The van der Waals surface area contributed by atoms with E-state index in [1.54, 1.807) is 0 Å². The van der Waals surface area contributed by atoms with Crippen molar-refractivity contribution >= 4 is 17.3 Å². The molecule has 164 valence electrons. The molecule has 0 spiro atoms. The minimum Gasteiger partial charge on any atom is -0.382 e. The number of rotatable bonds is 10. The molecule has 1 aromatic heterocycles. The summed E-state index contributed by atoms with van der Waals surface area (Å²) in [5.74, 6) is 1.71. The third-order valence-corrected chi connectivity index (χ3v) is 7.59. The maximum atomic E-state index is 5.64. The first kappa shape index (κ1) is 22.6. The van der Waals surface area contributed by atoms with Crippen molar-refractivity contribution in [3.05, 3.63) is 22.4 Å². The quantitative estimate of drug-likeness (QED) is 0.340. The second-order valence-corrected chi connectivity index (χ2v) is 9.79. The Bertz CT molecular complexity index is 590. The average molecular weight is 421 g/mol. The highest BCUT2D eigenvalue weighted by molar-refractivity contribution is 7.09. The summed E-state index contributed by atoms with van der Waals surface area (Å²) < 4.78 is 5.64. The van der Waals surface area contributed by atoms with Gasteiger partial charge in [0.25, 0.3) is 0 Å². The number of hydrogen-bond acceptors (Lipinski definition) is 4. The number of nitrogens with one attached hydrogen (secondary N) is 2. The Morgan fingerprint density at radius 1 is 1.28 bits per heavy atom. The van der Waals surface area contributed by atoms with Crippen LogP contribution in [0.15, 0.2) is 22.5 Å². The number of hydrogen-bond donors (Lipinski definition) is 2. The zero-order valence-corrected chi connectivity index (χ0v) is 19.2. The number of likely N-dealkylation sites (tertiary alicyclic amines) is 1. The first-order valence-electron chi connectivity index (χ1n) is 11.5. The lowest BCUT2D eigenvalue weighted by molar-refractivity contribution is 0.105. The number of guanidine groups is 1. The van der Waals surface area contributed by atoms with Crippen molar-refractivity contribution in [2.45, 2.75) is 58.4 Å². The summed E-state index contributed by atoms with van der Waals surface area (Å²) in [6, 6.07) is 4.40. The molecule has 0 aromatic carbocycles. The minimum atomic E-state index is 0.389. The van der Waals surface area contributed by atoms with Gasteiger partial charge in [-0.2, -0.15) is 0 Å². The van der Waals surface area contributed by atoms with Crippen molar-refractivity contribution in [2.75, 3.05) is 46.4 Å². The topological polar surface area (TPSA) is 48.9 Å². The van der Waals surface area contributed by atoms with Gasteiger partial charge in [0, 0.05) is 44.8 Å². The Balaban J connectivity index is 1.36. The molecule has 2 aliphatic rings. The van der Waals surface area contributed by atoms with Crippen LogP contribution in [-0.2, 0) is 11.3 Å². The summed E-state index contributed by atoms with van der Waals surface area (Å²) in [6.45, 7) is 9.35. The summed E-state index contributed by atoms with van der Waals surface area (Å²) in [5.41, 5.74) is 0.389. The van der Waals surface area contributed by atoms with E-state index in [1.807, 2.05) is 18.4 Å². The van der Waals surface area contributed by atoms with Gasteiger partial charge in [-0.25, -0.2) is 0 Å². The maximum absolute atomic E-state index is 5.64. The standard InChI is InChI=1S/C23H40N4OS/c1-3-28-15-12-23(10-4-5-11-23)19-26-22(24-2)25-17-20-8-13-27(14-9-20)18-21-7-6-16-29-21/h6-7,16,20H,3-5,8-15,17-19H2,1-2H3,(H2,24,25,26). The molecule has 2 N–H and O–H groups in total. The molecule has 1 aliphatic heterocycles. The van der Waals surface area contributed by atoms with Crippen LogP contribution in [0.25, 0.3) is 0 Å². The van der Waals surface area contributed by atoms with Gasteiger partial charge in [0.05, 0.1) is 0 Å². The van der Waals surface area contributed by atoms with Crippen molar-refractivity contribution < 1.29 is 4.74 Å². The first-order valence-corrected chi connectivity index (χ1v) is 12.4. The number of aliphatic imine (C=N–C) groups is 1. The van der Waals surface area contributed by atoms with Gasteiger partial charge in [0.2, 0.25) is 0 Å². The molecule has 0 unspecified atom stereocenters. The van der Waals surface area contributed by atoms with Crippen molar-refractivity contribution in [2.24, 2.45) is 16.3 Å². The van der Waals surface area contributed by atoms with Crippen LogP contribution in [0.4, 0.5) is 0 Å². The van der Waals surface area contributed by atoms with Gasteiger partial charge in [-0.15, -0.1) is 11.3 Å². The molecule has 0 amide bonds. The molecular weight excluding hydrogens is 380 g/mol. The lowest BCUT2D eigenvalue weighted by atomic mass is 9.83. The van der Waals surface area contributed by atoms with E-state index in [9.17, 15) is 0 Å². The highest BCUT2D eigenvalue weighted by Crippen LogP contribution is 2.40. The molecule has 2 heterocycles. The fourth-order valence-corrected chi connectivity index (χ4v) is 5.52. The fraction of sp³-hybridized carbons (Fsp3) is 0.783. The molecule has 29 heavy (non-hydrogen) atoms. The SMILES string of the molecule is CCOCCC1(CNC(=NC)NCC2CCN(Cc3cccs3)CC2)CCCC1. The van der Waals surface area contributed by atoms with E-state index in [0.717, 1.165) is 51.1 Å². The van der Waals surface area contributed by atoms with Gasteiger partial charge in [-0.3, -0.25) is 9.89 Å². The summed E-state index contributed by atoms with van der Waals surface area (Å²) in [5, 5.41) is 9.41. The van der Waals surface area contributed by atoms with Gasteiger partial charge >= 0.3 is 0 Å². The van der Waals surface area contributed by atoms with E-state index in [-0.39, 0.29) is 0 Å². The average Bonchev–Trinajstić information content (AvgIpc) is 3.42. The summed E-state index contributed by atoms with van der Waals surface area (Å²) >= 11 is 1.87. The largest absolute Gasteiger partial charge is 0.382 e. The van der Waals surface area contributed by atoms with E-state index >= 15 is 0 Å². The van der Waals surface area contributed by atoms with Crippen molar-refractivity contribution in [1.29, 1.82) is 0 Å². The van der Waals surface area contributed by atoms with Crippen LogP contribution in [0.3, 0.4) is 0 Å². The maximum Gasteiger partial charge on any atom is 0.191 e. The monoisotopic (exact) mass is 420 g/mol. The Labute approximate surface area is 181 Å². The van der Waals surface area contributed by atoms with Crippen LogP contribution in [0.5, 0.6) is 0 Å². The normalized spacial score (nSPS) is 20.8. The highest BCUT2D eigenvalue weighted by Gasteiger charge is 2.33. The van der Waals surface area contributed by atoms with E-state index in [1.165, 1.54) is 56.5 Å². The molecule has 1 aromatic rings. The molecule has 6 heteroatoms. The molecule has 0 atom stereocenters. The third kappa shape index (κ3) is 7.26. The smallest absolute Gasteiger partial charge is 0.191 e.